The summed E-state index contributed by atoms with van der Waals surface area (Å²) in [4.78, 5) is 0. The lowest BCUT2D eigenvalue weighted by atomic mass is 10.2. The fraction of sp³-hybridized carbons (Fsp3) is 0.150. The van der Waals surface area contributed by atoms with Gasteiger partial charge in [-0.1, -0.05) is 44.5 Å². The molecule has 0 amide bonds. The molecule has 1 heterocycles. The summed E-state index contributed by atoms with van der Waals surface area (Å²) in [6, 6.07) is 18.5. The first-order valence-electron chi connectivity index (χ1n) is 8.02. The van der Waals surface area contributed by atoms with Crippen molar-refractivity contribution in [1.29, 1.82) is 0 Å². The van der Waals surface area contributed by atoms with Crippen LogP contribution in [0.5, 0.6) is 5.75 Å². The first-order valence-corrected chi connectivity index (χ1v) is 9.02. The third-order valence-corrected chi connectivity index (χ3v) is 5.00. The molecule has 0 aliphatic rings. The number of rotatable bonds is 7. The molecule has 0 saturated heterocycles. The lowest BCUT2D eigenvalue weighted by Gasteiger charge is -2.13. The fourth-order valence-electron chi connectivity index (χ4n) is 2.39. The average Bonchev–Trinajstić information content (AvgIpc) is 3.14. The Hall–Kier alpha value is -2.42. The predicted octanol–water partition coefficient (Wildman–Crippen LogP) is 3.29. The highest BCUT2D eigenvalue weighted by atomic mass is 31.1. The molecule has 1 unspecified atom stereocenters. The second kappa shape index (κ2) is 8.61. The van der Waals surface area contributed by atoms with Crippen molar-refractivity contribution in [1.82, 2.24) is 4.68 Å². The summed E-state index contributed by atoms with van der Waals surface area (Å²) in [5.74, 6) is 0.864. The molecule has 0 fully saturated rings. The Morgan fingerprint density at radius 3 is 2.64 bits per heavy atom. The van der Waals surface area contributed by atoms with E-state index in [2.05, 4.69) is 42.4 Å². The number of hydrogen-bond donors (Lipinski definition) is 0. The van der Waals surface area contributed by atoms with Crippen molar-refractivity contribution in [3.63, 3.8) is 0 Å². The van der Waals surface area contributed by atoms with Crippen LogP contribution in [0.1, 0.15) is 11.1 Å². The van der Waals surface area contributed by atoms with E-state index in [0.717, 1.165) is 11.3 Å². The molecule has 0 saturated carbocycles. The maximum atomic E-state index is 5.72. The summed E-state index contributed by atoms with van der Waals surface area (Å²) in [6.07, 6.45) is 5.73. The number of aryl methyl sites for hydroxylation is 1. The average molecular weight is 352 g/mol. The Kier molecular flexibility index (Phi) is 5.99. The molecule has 1 atom stereocenters. The van der Waals surface area contributed by atoms with Crippen LogP contribution in [0.3, 0.4) is 0 Å². The highest BCUT2D eigenvalue weighted by Crippen LogP contribution is 2.22. The molecule has 25 heavy (non-hydrogen) atoms. The van der Waals surface area contributed by atoms with E-state index in [0.29, 0.717) is 8.58 Å². The van der Waals surface area contributed by atoms with Gasteiger partial charge < -0.3 is 9.47 Å². The maximum Gasteiger partial charge on any atom is 0.188 e. The Bertz CT molecular complexity index is 845. The third-order valence-electron chi connectivity index (χ3n) is 3.62. The van der Waals surface area contributed by atoms with E-state index in [1.165, 1.54) is 16.2 Å². The van der Waals surface area contributed by atoms with Crippen LogP contribution >= 0.6 is 8.58 Å². The number of benzene rings is 2. The van der Waals surface area contributed by atoms with Gasteiger partial charge in [0, 0.05) is 30.4 Å². The van der Waals surface area contributed by atoms with Crippen molar-refractivity contribution < 1.29 is 9.47 Å². The summed E-state index contributed by atoms with van der Waals surface area (Å²) < 4.78 is 12.6. The summed E-state index contributed by atoms with van der Waals surface area (Å²) in [7, 11) is 2.10. The molecule has 0 N–H and O–H groups in total. The third kappa shape index (κ3) is 4.79. The van der Waals surface area contributed by atoms with E-state index in [-0.39, 0.29) is 6.79 Å². The SMILES string of the molecule is COCOc1ccc(C)cc1Pc1ccccc1C=Nn1cccc1. The first kappa shape index (κ1) is 17.4. The summed E-state index contributed by atoms with van der Waals surface area (Å²) >= 11 is 0. The minimum atomic E-state index is 0.247. The number of ether oxygens (including phenoxy) is 2. The summed E-state index contributed by atoms with van der Waals surface area (Å²) in [5, 5.41) is 6.87. The number of methoxy groups -OCH3 is 1. The van der Waals surface area contributed by atoms with Gasteiger partial charge in [-0.2, -0.15) is 5.10 Å². The van der Waals surface area contributed by atoms with Crippen LogP contribution in [0.2, 0.25) is 0 Å². The van der Waals surface area contributed by atoms with Gasteiger partial charge in [-0.05, 0) is 36.5 Å². The van der Waals surface area contributed by atoms with Crippen LogP contribution in [0.4, 0.5) is 0 Å². The molecule has 0 aliphatic heterocycles. The molecule has 4 nitrogen and oxygen atoms in total. The second-order valence-corrected chi connectivity index (χ2v) is 6.90. The van der Waals surface area contributed by atoms with E-state index in [1.54, 1.807) is 11.8 Å². The van der Waals surface area contributed by atoms with Crippen molar-refractivity contribution in [2.45, 2.75) is 6.92 Å². The quantitative estimate of drug-likeness (QED) is 0.372. The molecule has 0 spiro atoms. The van der Waals surface area contributed by atoms with Crippen molar-refractivity contribution >= 4 is 25.4 Å². The van der Waals surface area contributed by atoms with Gasteiger partial charge in [0.1, 0.15) is 5.75 Å². The van der Waals surface area contributed by atoms with E-state index in [9.17, 15) is 0 Å². The van der Waals surface area contributed by atoms with Crippen molar-refractivity contribution in [2.24, 2.45) is 5.10 Å². The van der Waals surface area contributed by atoms with Gasteiger partial charge >= 0.3 is 0 Å². The zero-order chi connectivity index (χ0) is 17.5. The van der Waals surface area contributed by atoms with E-state index in [1.807, 2.05) is 42.9 Å². The molecular formula is C20H21N2O2P. The molecule has 5 heteroatoms. The van der Waals surface area contributed by atoms with Gasteiger partial charge in [-0.15, -0.1) is 0 Å². The van der Waals surface area contributed by atoms with Crippen LogP contribution in [0, 0.1) is 6.92 Å². The van der Waals surface area contributed by atoms with E-state index >= 15 is 0 Å². The maximum absolute atomic E-state index is 5.72. The largest absolute Gasteiger partial charge is 0.467 e. The first-order chi connectivity index (χ1) is 12.3. The Balaban J connectivity index is 1.87. The molecule has 0 bridgehead atoms. The van der Waals surface area contributed by atoms with Gasteiger partial charge in [0.05, 0.1) is 6.21 Å². The number of nitrogens with zero attached hydrogens (tertiary/aromatic N) is 2. The Labute approximate surface area is 149 Å². The summed E-state index contributed by atoms with van der Waals surface area (Å²) in [6.45, 7) is 2.34. The predicted molar refractivity (Wildman–Crippen MR) is 105 cm³/mol. The zero-order valence-corrected chi connectivity index (χ0v) is 15.3. The van der Waals surface area contributed by atoms with Crippen molar-refractivity contribution in [3.05, 3.63) is 78.1 Å². The van der Waals surface area contributed by atoms with Crippen LogP contribution in [0.25, 0.3) is 0 Å². The van der Waals surface area contributed by atoms with Crippen LogP contribution < -0.4 is 15.3 Å². The molecule has 128 valence electrons. The minimum Gasteiger partial charge on any atom is -0.467 e. The normalized spacial score (nSPS) is 11.6. The lowest BCUT2D eigenvalue weighted by molar-refractivity contribution is 0.0519. The minimum absolute atomic E-state index is 0.247. The molecule has 1 aromatic heterocycles. The summed E-state index contributed by atoms with van der Waals surface area (Å²) in [5.41, 5.74) is 2.32. The highest BCUT2D eigenvalue weighted by molar-refractivity contribution is 7.56. The molecular weight excluding hydrogens is 331 g/mol. The standard InChI is InChI=1S/C20H21N2O2P/c1-16-9-10-18(24-15-23-2)20(13-16)25-19-8-4-3-7-17(19)14-21-22-11-5-6-12-22/h3-14,25H,15H2,1-2H3. The topological polar surface area (TPSA) is 35.8 Å². The van der Waals surface area contributed by atoms with Gasteiger partial charge in [0.25, 0.3) is 0 Å². The molecule has 3 rings (SSSR count). The second-order valence-electron chi connectivity index (χ2n) is 5.57. The molecule has 3 aromatic rings. The van der Waals surface area contributed by atoms with Crippen LogP contribution in [-0.2, 0) is 4.74 Å². The van der Waals surface area contributed by atoms with Gasteiger partial charge in [0.15, 0.2) is 6.79 Å². The molecule has 0 radical (unpaired) electrons. The van der Waals surface area contributed by atoms with Gasteiger partial charge in [-0.3, -0.25) is 0 Å². The van der Waals surface area contributed by atoms with E-state index < -0.39 is 0 Å². The zero-order valence-electron chi connectivity index (χ0n) is 14.3. The number of aromatic nitrogens is 1. The fourth-order valence-corrected chi connectivity index (χ4v) is 3.73. The molecule has 2 aromatic carbocycles. The number of hydrogen-bond acceptors (Lipinski definition) is 3. The Morgan fingerprint density at radius 2 is 1.84 bits per heavy atom. The van der Waals surface area contributed by atoms with Crippen LogP contribution in [0.15, 0.2) is 72.1 Å². The highest BCUT2D eigenvalue weighted by Gasteiger charge is 2.08. The van der Waals surface area contributed by atoms with Crippen LogP contribution in [-0.4, -0.2) is 24.8 Å². The molecule has 0 aliphatic carbocycles. The van der Waals surface area contributed by atoms with Gasteiger partial charge in [0.2, 0.25) is 0 Å². The Morgan fingerprint density at radius 1 is 1.04 bits per heavy atom. The lowest BCUT2D eigenvalue weighted by Crippen LogP contribution is -2.13. The van der Waals surface area contributed by atoms with Gasteiger partial charge in [-0.25, -0.2) is 4.68 Å². The van der Waals surface area contributed by atoms with E-state index in [4.69, 9.17) is 9.47 Å². The monoisotopic (exact) mass is 352 g/mol. The van der Waals surface area contributed by atoms with Crippen molar-refractivity contribution in [2.75, 3.05) is 13.9 Å². The smallest absolute Gasteiger partial charge is 0.188 e. The van der Waals surface area contributed by atoms with Crippen molar-refractivity contribution in [3.8, 4) is 5.75 Å².